The lowest BCUT2D eigenvalue weighted by atomic mass is 10.1. The Morgan fingerprint density at radius 2 is 1.69 bits per heavy atom. The molecule has 0 aromatic heterocycles. The van der Waals surface area contributed by atoms with E-state index in [0.717, 1.165) is 16.9 Å². The minimum absolute atomic E-state index is 0.0442. The molecule has 0 saturated carbocycles. The maximum absolute atomic E-state index is 12.3. The van der Waals surface area contributed by atoms with Crippen molar-refractivity contribution in [3.63, 3.8) is 0 Å². The number of rotatable bonds is 10. The van der Waals surface area contributed by atoms with Crippen LogP contribution in [-0.2, 0) is 21.2 Å². The Balaban J connectivity index is 1.89. The van der Waals surface area contributed by atoms with E-state index in [1.165, 1.54) is 7.05 Å². The summed E-state index contributed by atoms with van der Waals surface area (Å²) in [7, 11) is 3.51. The van der Waals surface area contributed by atoms with Gasteiger partial charge in [0.2, 0.25) is 15.9 Å². The highest BCUT2D eigenvalue weighted by Gasteiger charge is 2.16. The number of carbonyl (C=O) groups is 1. The van der Waals surface area contributed by atoms with Crippen LogP contribution >= 0.6 is 0 Å². The Bertz CT molecular complexity index is 895. The molecular formula is C21H29N3O4S. The maximum atomic E-state index is 12.3. The van der Waals surface area contributed by atoms with Gasteiger partial charge >= 0.3 is 0 Å². The van der Waals surface area contributed by atoms with Gasteiger partial charge in [-0.15, -0.1) is 0 Å². The van der Waals surface area contributed by atoms with E-state index in [1.54, 1.807) is 31.4 Å². The van der Waals surface area contributed by atoms with Crippen LogP contribution in [0.2, 0.25) is 0 Å². The van der Waals surface area contributed by atoms with Crippen molar-refractivity contribution in [3.05, 3.63) is 59.7 Å². The molecule has 0 radical (unpaired) electrons. The van der Waals surface area contributed by atoms with E-state index in [-0.39, 0.29) is 16.8 Å². The number of amides is 1. The molecule has 2 aromatic carbocycles. The zero-order chi connectivity index (χ0) is 21.4. The van der Waals surface area contributed by atoms with Crippen molar-refractivity contribution in [3.8, 4) is 5.75 Å². The largest absolute Gasteiger partial charge is 0.497 e. The summed E-state index contributed by atoms with van der Waals surface area (Å²) in [4.78, 5) is 14.6. The van der Waals surface area contributed by atoms with Gasteiger partial charge in [0.1, 0.15) is 5.75 Å². The molecular weight excluding hydrogens is 390 g/mol. The predicted octanol–water partition coefficient (Wildman–Crippen LogP) is 1.95. The number of hydrogen-bond donors (Lipinski definition) is 2. The lowest BCUT2D eigenvalue weighted by molar-refractivity contribution is -0.121. The highest BCUT2D eigenvalue weighted by Crippen LogP contribution is 2.20. The summed E-state index contributed by atoms with van der Waals surface area (Å²) in [5.74, 6) is 0.751. The fraction of sp³-hybridized carbons (Fsp3) is 0.381. The van der Waals surface area contributed by atoms with E-state index in [0.29, 0.717) is 19.4 Å². The topological polar surface area (TPSA) is 87.7 Å². The van der Waals surface area contributed by atoms with Crippen LogP contribution < -0.4 is 14.8 Å². The van der Waals surface area contributed by atoms with Gasteiger partial charge in [0.15, 0.2) is 0 Å². The van der Waals surface area contributed by atoms with Crippen molar-refractivity contribution in [1.82, 2.24) is 14.9 Å². The van der Waals surface area contributed by atoms with Crippen molar-refractivity contribution >= 4 is 15.9 Å². The minimum Gasteiger partial charge on any atom is -0.497 e. The molecule has 1 unspecified atom stereocenters. The highest BCUT2D eigenvalue weighted by atomic mass is 32.2. The van der Waals surface area contributed by atoms with E-state index in [1.807, 2.05) is 38.4 Å². The Labute approximate surface area is 173 Å². The second-order valence-electron chi connectivity index (χ2n) is 6.91. The first kappa shape index (κ1) is 22.9. The molecule has 0 aliphatic heterocycles. The standard InChI is InChI=1S/C21H29N3O4S/c1-22-29(26,27)19-12-5-16(6-13-19)7-14-21(25)23-15-20(24(2)3)17-8-10-18(28-4)11-9-17/h5-6,8-13,20,22H,7,14-15H2,1-4H3,(H,23,25). The third-order valence-electron chi connectivity index (χ3n) is 4.76. The van der Waals surface area contributed by atoms with Gasteiger partial charge in [0.05, 0.1) is 18.0 Å². The Morgan fingerprint density at radius 1 is 1.07 bits per heavy atom. The van der Waals surface area contributed by atoms with Gasteiger partial charge in [-0.2, -0.15) is 0 Å². The number of carbonyl (C=O) groups excluding carboxylic acids is 1. The molecule has 1 amide bonds. The summed E-state index contributed by atoms with van der Waals surface area (Å²) in [5, 5.41) is 2.99. The van der Waals surface area contributed by atoms with Gasteiger partial charge in [-0.1, -0.05) is 24.3 Å². The summed E-state index contributed by atoms with van der Waals surface area (Å²) >= 11 is 0. The molecule has 2 rings (SSSR count). The number of hydrogen-bond acceptors (Lipinski definition) is 5. The molecule has 8 heteroatoms. The van der Waals surface area contributed by atoms with Crippen molar-refractivity contribution in [1.29, 1.82) is 0 Å². The van der Waals surface area contributed by atoms with Crippen LogP contribution in [0.25, 0.3) is 0 Å². The molecule has 0 spiro atoms. The molecule has 1 atom stereocenters. The third kappa shape index (κ3) is 6.56. The van der Waals surface area contributed by atoms with E-state index in [4.69, 9.17) is 4.74 Å². The van der Waals surface area contributed by atoms with Crippen LogP contribution in [0.1, 0.15) is 23.6 Å². The molecule has 7 nitrogen and oxygen atoms in total. The van der Waals surface area contributed by atoms with Crippen molar-refractivity contribution in [2.24, 2.45) is 0 Å². The third-order valence-corrected chi connectivity index (χ3v) is 6.19. The Hall–Kier alpha value is -2.42. The summed E-state index contributed by atoms with van der Waals surface area (Å²) in [5.41, 5.74) is 2.01. The molecule has 0 bridgehead atoms. The first-order valence-electron chi connectivity index (χ1n) is 9.36. The van der Waals surface area contributed by atoms with Gasteiger partial charge in [-0.25, -0.2) is 13.1 Å². The van der Waals surface area contributed by atoms with E-state index in [9.17, 15) is 13.2 Å². The maximum Gasteiger partial charge on any atom is 0.240 e. The van der Waals surface area contributed by atoms with Crippen LogP contribution in [0.5, 0.6) is 5.75 Å². The van der Waals surface area contributed by atoms with Gasteiger partial charge in [0, 0.05) is 13.0 Å². The summed E-state index contributed by atoms with van der Waals surface area (Å²) in [6.45, 7) is 0.498. The number of methoxy groups -OCH3 is 1. The summed E-state index contributed by atoms with van der Waals surface area (Å²) in [6, 6.07) is 14.4. The molecule has 0 heterocycles. The number of benzene rings is 2. The molecule has 0 fully saturated rings. The monoisotopic (exact) mass is 419 g/mol. The fourth-order valence-corrected chi connectivity index (χ4v) is 3.66. The van der Waals surface area contributed by atoms with E-state index in [2.05, 4.69) is 14.9 Å². The van der Waals surface area contributed by atoms with Gasteiger partial charge < -0.3 is 15.0 Å². The van der Waals surface area contributed by atoms with Crippen molar-refractivity contribution < 1.29 is 17.9 Å². The quantitative estimate of drug-likeness (QED) is 0.615. The van der Waals surface area contributed by atoms with Gasteiger partial charge in [-0.3, -0.25) is 4.79 Å². The van der Waals surface area contributed by atoms with Crippen molar-refractivity contribution in [2.75, 3.05) is 34.8 Å². The van der Waals surface area contributed by atoms with Crippen LogP contribution in [0.3, 0.4) is 0 Å². The first-order valence-corrected chi connectivity index (χ1v) is 10.8. The van der Waals surface area contributed by atoms with Gasteiger partial charge in [-0.05, 0) is 63.0 Å². The predicted molar refractivity (Wildman–Crippen MR) is 113 cm³/mol. The van der Waals surface area contributed by atoms with Crippen LogP contribution in [0, 0.1) is 0 Å². The number of sulfonamides is 1. The number of aryl methyl sites for hydroxylation is 1. The number of nitrogens with zero attached hydrogens (tertiary/aromatic N) is 1. The van der Waals surface area contributed by atoms with Crippen LogP contribution in [0.15, 0.2) is 53.4 Å². The molecule has 0 aliphatic carbocycles. The molecule has 0 aliphatic rings. The average Bonchev–Trinajstić information content (AvgIpc) is 2.73. The fourth-order valence-electron chi connectivity index (χ4n) is 2.93. The molecule has 158 valence electrons. The highest BCUT2D eigenvalue weighted by molar-refractivity contribution is 7.89. The molecule has 2 N–H and O–H groups in total. The smallest absolute Gasteiger partial charge is 0.240 e. The van der Waals surface area contributed by atoms with E-state index >= 15 is 0 Å². The van der Waals surface area contributed by atoms with E-state index < -0.39 is 10.0 Å². The normalized spacial score (nSPS) is 12.6. The summed E-state index contributed by atoms with van der Waals surface area (Å²) < 4.78 is 31.0. The average molecular weight is 420 g/mol. The zero-order valence-corrected chi connectivity index (χ0v) is 18.1. The van der Waals surface area contributed by atoms with Crippen LogP contribution in [0.4, 0.5) is 0 Å². The van der Waals surface area contributed by atoms with Crippen molar-refractivity contribution in [2.45, 2.75) is 23.8 Å². The first-order chi connectivity index (χ1) is 13.8. The number of ether oxygens (including phenoxy) is 1. The Kier molecular flexibility index (Phi) is 8.19. The van der Waals surface area contributed by atoms with Gasteiger partial charge in [0.25, 0.3) is 0 Å². The SMILES string of the molecule is CNS(=O)(=O)c1ccc(CCC(=O)NCC(c2ccc(OC)cc2)N(C)C)cc1. The lowest BCUT2D eigenvalue weighted by Crippen LogP contribution is -2.34. The second kappa shape index (κ2) is 10.4. The number of likely N-dealkylation sites (N-methyl/N-ethyl adjacent to an activating group) is 1. The molecule has 2 aromatic rings. The van der Waals surface area contributed by atoms with Crippen LogP contribution in [-0.4, -0.2) is 54.0 Å². The molecule has 29 heavy (non-hydrogen) atoms. The Morgan fingerprint density at radius 3 is 2.21 bits per heavy atom. The zero-order valence-electron chi connectivity index (χ0n) is 17.3. The molecule has 0 saturated heterocycles. The summed E-state index contributed by atoms with van der Waals surface area (Å²) in [6.07, 6.45) is 0.877. The second-order valence-corrected chi connectivity index (χ2v) is 8.79. The lowest BCUT2D eigenvalue weighted by Gasteiger charge is -2.25. The number of nitrogens with one attached hydrogen (secondary N) is 2. The minimum atomic E-state index is -3.45.